The third kappa shape index (κ3) is 3.53. The summed E-state index contributed by atoms with van der Waals surface area (Å²) in [6, 6.07) is 1.77. The largest absolute Gasteiger partial charge is 0.484 e. The first kappa shape index (κ1) is 13.1. The number of hydrogen-bond donors (Lipinski definition) is 1. The Balaban J connectivity index is 2.03. The zero-order valence-corrected chi connectivity index (χ0v) is 10.6. The van der Waals surface area contributed by atoms with Gasteiger partial charge in [-0.25, -0.2) is 9.67 Å². The van der Waals surface area contributed by atoms with Crippen LogP contribution in [0.1, 0.15) is 18.3 Å². The molecule has 2 aromatic rings. The number of aromatic nitrogens is 4. The molecule has 2 aromatic heterocycles. The first-order chi connectivity index (χ1) is 9.33. The van der Waals surface area contributed by atoms with Crippen LogP contribution in [0.25, 0.3) is 0 Å². The number of hydrogen-bond acceptors (Lipinski definition) is 5. The molecule has 2 rings (SSSR count). The van der Waals surface area contributed by atoms with Crippen molar-refractivity contribution in [3.63, 3.8) is 0 Å². The first-order valence-electron chi connectivity index (χ1n) is 5.87. The molecule has 0 aliphatic carbocycles. The highest BCUT2D eigenvalue weighted by atomic mass is 16.5. The summed E-state index contributed by atoms with van der Waals surface area (Å²) >= 11 is 0. The number of nitrogens with zero attached hydrogens (tertiary/aromatic N) is 4. The van der Waals surface area contributed by atoms with Crippen molar-refractivity contribution in [1.82, 2.24) is 19.7 Å². The van der Waals surface area contributed by atoms with E-state index in [9.17, 15) is 0 Å². The van der Waals surface area contributed by atoms with Gasteiger partial charge in [-0.3, -0.25) is 4.98 Å². The minimum absolute atomic E-state index is 0.176. The molecule has 6 nitrogen and oxygen atoms in total. The van der Waals surface area contributed by atoms with E-state index in [4.69, 9.17) is 9.84 Å². The average molecular weight is 258 g/mol. The maximum absolute atomic E-state index is 8.64. The number of aliphatic hydroxyl groups is 1. The maximum Gasteiger partial charge on any atom is 0.164 e. The van der Waals surface area contributed by atoms with Crippen molar-refractivity contribution in [2.75, 3.05) is 6.61 Å². The minimum atomic E-state index is -0.176. The van der Waals surface area contributed by atoms with Gasteiger partial charge in [0.05, 0.1) is 6.20 Å². The Morgan fingerprint density at radius 1 is 1.42 bits per heavy atom. The second-order valence-corrected chi connectivity index (χ2v) is 3.65. The number of ether oxygens (including phenoxy) is 1. The molecule has 0 unspecified atom stereocenters. The van der Waals surface area contributed by atoms with Crippen LogP contribution >= 0.6 is 0 Å². The Hall–Kier alpha value is -2.39. The number of aliphatic hydroxyl groups excluding tert-OH is 1. The van der Waals surface area contributed by atoms with Gasteiger partial charge in [0.2, 0.25) is 0 Å². The van der Waals surface area contributed by atoms with Gasteiger partial charge in [0, 0.05) is 18.3 Å². The molecular formula is C13H14N4O2. The molecule has 0 saturated carbocycles. The molecule has 0 atom stereocenters. The Morgan fingerprint density at radius 2 is 2.32 bits per heavy atom. The van der Waals surface area contributed by atoms with E-state index >= 15 is 0 Å². The summed E-state index contributed by atoms with van der Waals surface area (Å²) in [4.78, 5) is 8.15. The van der Waals surface area contributed by atoms with Gasteiger partial charge in [0.1, 0.15) is 25.3 Å². The van der Waals surface area contributed by atoms with Crippen molar-refractivity contribution >= 4 is 0 Å². The van der Waals surface area contributed by atoms with Crippen molar-refractivity contribution < 1.29 is 9.84 Å². The van der Waals surface area contributed by atoms with Crippen LogP contribution in [0.2, 0.25) is 0 Å². The SMILES string of the molecule is CCn1ncnc1COc1cncc(C#CCO)c1. The van der Waals surface area contributed by atoms with Crippen molar-refractivity contribution in [2.24, 2.45) is 0 Å². The lowest BCUT2D eigenvalue weighted by Gasteiger charge is -2.06. The fourth-order valence-corrected chi connectivity index (χ4v) is 1.52. The lowest BCUT2D eigenvalue weighted by atomic mass is 10.3. The zero-order valence-electron chi connectivity index (χ0n) is 10.6. The van der Waals surface area contributed by atoms with E-state index in [1.807, 2.05) is 6.92 Å². The van der Waals surface area contributed by atoms with E-state index in [2.05, 4.69) is 26.9 Å². The topological polar surface area (TPSA) is 73.1 Å². The van der Waals surface area contributed by atoms with Crippen LogP contribution in [0, 0.1) is 11.8 Å². The smallest absolute Gasteiger partial charge is 0.164 e. The summed E-state index contributed by atoms with van der Waals surface area (Å²) in [6.45, 7) is 2.89. The highest BCUT2D eigenvalue weighted by Gasteiger charge is 2.04. The van der Waals surface area contributed by atoms with Crippen molar-refractivity contribution in [2.45, 2.75) is 20.1 Å². The predicted octanol–water partition coefficient (Wildman–Crippen LogP) is 0.616. The van der Waals surface area contributed by atoms with Crippen LogP contribution in [0.15, 0.2) is 24.8 Å². The number of aryl methyl sites for hydroxylation is 1. The van der Waals surface area contributed by atoms with Gasteiger partial charge < -0.3 is 9.84 Å². The minimum Gasteiger partial charge on any atom is -0.484 e. The van der Waals surface area contributed by atoms with E-state index in [-0.39, 0.29) is 6.61 Å². The zero-order chi connectivity index (χ0) is 13.5. The number of rotatable bonds is 4. The Labute approximate surface area is 111 Å². The summed E-state index contributed by atoms with van der Waals surface area (Å²) in [5.74, 6) is 6.70. The third-order valence-corrected chi connectivity index (χ3v) is 2.39. The van der Waals surface area contributed by atoms with E-state index in [0.29, 0.717) is 17.9 Å². The second kappa shape index (κ2) is 6.52. The lowest BCUT2D eigenvalue weighted by Crippen LogP contribution is -2.07. The van der Waals surface area contributed by atoms with Gasteiger partial charge in [-0.2, -0.15) is 5.10 Å². The summed E-state index contributed by atoms with van der Waals surface area (Å²) in [5.41, 5.74) is 0.698. The third-order valence-electron chi connectivity index (χ3n) is 2.39. The molecule has 0 aliphatic rings. The van der Waals surface area contributed by atoms with Gasteiger partial charge >= 0.3 is 0 Å². The van der Waals surface area contributed by atoms with Gasteiger partial charge in [0.25, 0.3) is 0 Å². The van der Waals surface area contributed by atoms with Crippen LogP contribution in [-0.2, 0) is 13.2 Å². The molecule has 0 aliphatic heterocycles. The van der Waals surface area contributed by atoms with Crippen molar-refractivity contribution in [3.05, 3.63) is 36.2 Å². The normalized spacial score (nSPS) is 9.79. The molecule has 0 saturated heterocycles. The van der Waals surface area contributed by atoms with Gasteiger partial charge in [-0.15, -0.1) is 0 Å². The van der Waals surface area contributed by atoms with Crippen LogP contribution < -0.4 is 4.74 Å². The van der Waals surface area contributed by atoms with Gasteiger partial charge in [0.15, 0.2) is 5.82 Å². The summed E-state index contributed by atoms with van der Waals surface area (Å²) in [5, 5.41) is 12.7. The maximum atomic E-state index is 8.64. The molecule has 0 aromatic carbocycles. The molecule has 98 valence electrons. The Bertz CT molecular complexity index is 598. The fourth-order valence-electron chi connectivity index (χ4n) is 1.52. The van der Waals surface area contributed by atoms with E-state index in [1.54, 1.807) is 23.1 Å². The summed E-state index contributed by atoms with van der Waals surface area (Å²) < 4.78 is 7.36. The van der Waals surface area contributed by atoms with E-state index in [1.165, 1.54) is 6.33 Å². The van der Waals surface area contributed by atoms with Gasteiger partial charge in [-0.1, -0.05) is 11.8 Å². The molecular weight excluding hydrogens is 244 g/mol. The molecule has 0 bridgehead atoms. The summed E-state index contributed by atoms with van der Waals surface area (Å²) in [6.07, 6.45) is 4.73. The number of pyridine rings is 1. The molecule has 0 radical (unpaired) electrons. The first-order valence-corrected chi connectivity index (χ1v) is 5.87. The summed E-state index contributed by atoms with van der Waals surface area (Å²) in [7, 11) is 0. The second-order valence-electron chi connectivity index (χ2n) is 3.65. The standard InChI is InChI=1S/C13H14N4O2/c1-2-17-13(15-10-16-17)9-19-12-6-11(4-3-5-18)7-14-8-12/h6-8,10,18H,2,5,9H2,1H3. The van der Waals surface area contributed by atoms with E-state index < -0.39 is 0 Å². The van der Waals surface area contributed by atoms with Crippen molar-refractivity contribution in [3.8, 4) is 17.6 Å². The van der Waals surface area contributed by atoms with Crippen LogP contribution in [0.5, 0.6) is 5.75 Å². The molecule has 0 spiro atoms. The molecule has 0 amide bonds. The lowest BCUT2D eigenvalue weighted by molar-refractivity contribution is 0.286. The quantitative estimate of drug-likeness (QED) is 0.814. The van der Waals surface area contributed by atoms with Crippen LogP contribution in [0.3, 0.4) is 0 Å². The molecule has 1 N–H and O–H groups in total. The Kier molecular flexibility index (Phi) is 4.48. The van der Waals surface area contributed by atoms with Gasteiger partial charge in [-0.05, 0) is 13.0 Å². The predicted molar refractivity (Wildman–Crippen MR) is 68.2 cm³/mol. The average Bonchev–Trinajstić information content (AvgIpc) is 2.91. The van der Waals surface area contributed by atoms with E-state index in [0.717, 1.165) is 12.4 Å². The van der Waals surface area contributed by atoms with Crippen LogP contribution in [-0.4, -0.2) is 31.5 Å². The highest BCUT2D eigenvalue weighted by Crippen LogP contribution is 2.12. The molecule has 19 heavy (non-hydrogen) atoms. The monoisotopic (exact) mass is 258 g/mol. The van der Waals surface area contributed by atoms with Crippen LogP contribution in [0.4, 0.5) is 0 Å². The highest BCUT2D eigenvalue weighted by molar-refractivity contribution is 5.36. The molecule has 2 heterocycles. The fraction of sp³-hybridized carbons (Fsp3) is 0.308. The van der Waals surface area contributed by atoms with Crippen molar-refractivity contribution in [1.29, 1.82) is 0 Å². The molecule has 0 fully saturated rings. The molecule has 6 heteroatoms. The Morgan fingerprint density at radius 3 is 3.11 bits per heavy atom.